The van der Waals surface area contributed by atoms with E-state index in [-0.39, 0.29) is 0 Å². The summed E-state index contributed by atoms with van der Waals surface area (Å²) in [6.07, 6.45) is 1.01. The summed E-state index contributed by atoms with van der Waals surface area (Å²) in [5.41, 5.74) is 4.37. The van der Waals surface area contributed by atoms with E-state index in [0.717, 1.165) is 18.1 Å². The molecule has 104 valence electrons. The van der Waals surface area contributed by atoms with Gasteiger partial charge in [0.2, 0.25) is 0 Å². The number of rotatable bonds is 7. The minimum absolute atomic E-state index is 0.349. The SMILES string of the molecule is CC(C)CSCC(Cc1csc2ccccc12)NN. The Morgan fingerprint density at radius 2 is 2.05 bits per heavy atom. The number of hydrogen-bond donors (Lipinski definition) is 2. The summed E-state index contributed by atoms with van der Waals surface area (Å²) in [6.45, 7) is 4.51. The average Bonchev–Trinajstić information content (AvgIpc) is 2.80. The number of benzene rings is 1. The zero-order valence-corrected chi connectivity index (χ0v) is 13.2. The largest absolute Gasteiger partial charge is 0.271 e. The van der Waals surface area contributed by atoms with Crippen molar-refractivity contribution in [1.29, 1.82) is 0 Å². The average molecular weight is 294 g/mol. The summed E-state index contributed by atoms with van der Waals surface area (Å²) in [7, 11) is 0. The van der Waals surface area contributed by atoms with Crippen LogP contribution in [0.4, 0.5) is 0 Å². The molecule has 0 fully saturated rings. The molecule has 0 aliphatic heterocycles. The van der Waals surface area contributed by atoms with Crippen molar-refractivity contribution in [2.45, 2.75) is 26.3 Å². The molecular formula is C15H22N2S2. The Hall–Kier alpha value is -0.550. The van der Waals surface area contributed by atoms with Crippen molar-refractivity contribution in [2.75, 3.05) is 11.5 Å². The quantitative estimate of drug-likeness (QED) is 0.604. The molecule has 0 amide bonds. The van der Waals surface area contributed by atoms with Gasteiger partial charge in [-0.15, -0.1) is 11.3 Å². The third-order valence-corrected chi connectivity index (χ3v) is 5.59. The van der Waals surface area contributed by atoms with Crippen LogP contribution >= 0.6 is 23.1 Å². The number of fused-ring (bicyclic) bond motifs is 1. The predicted octanol–water partition coefficient (Wildman–Crippen LogP) is 3.66. The highest BCUT2D eigenvalue weighted by Gasteiger charge is 2.11. The fourth-order valence-electron chi connectivity index (χ4n) is 2.07. The lowest BCUT2D eigenvalue weighted by atomic mass is 10.1. The van der Waals surface area contributed by atoms with Crippen molar-refractivity contribution in [3.05, 3.63) is 35.2 Å². The van der Waals surface area contributed by atoms with Gasteiger partial charge >= 0.3 is 0 Å². The minimum atomic E-state index is 0.349. The van der Waals surface area contributed by atoms with Gasteiger partial charge in [-0.1, -0.05) is 32.0 Å². The molecule has 1 aromatic heterocycles. The molecule has 1 heterocycles. The van der Waals surface area contributed by atoms with Gasteiger partial charge < -0.3 is 0 Å². The van der Waals surface area contributed by atoms with E-state index in [4.69, 9.17) is 5.84 Å². The van der Waals surface area contributed by atoms with E-state index in [1.165, 1.54) is 21.4 Å². The van der Waals surface area contributed by atoms with Crippen LogP contribution in [0.1, 0.15) is 19.4 Å². The maximum absolute atomic E-state index is 5.69. The lowest BCUT2D eigenvalue weighted by Gasteiger charge is -2.15. The van der Waals surface area contributed by atoms with E-state index in [2.05, 4.69) is 48.9 Å². The first-order chi connectivity index (χ1) is 9.20. The minimum Gasteiger partial charge on any atom is -0.271 e. The molecule has 0 saturated heterocycles. The van der Waals surface area contributed by atoms with E-state index >= 15 is 0 Å². The molecule has 0 spiro atoms. The molecule has 19 heavy (non-hydrogen) atoms. The second-order valence-electron chi connectivity index (χ2n) is 5.26. The van der Waals surface area contributed by atoms with E-state index in [9.17, 15) is 0 Å². The normalized spacial score (nSPS) is 13.3. The molecule has 4 heteroatoms. The van der Waals surface area contributed by atoms with Gasteiger partial charge in [-0.3, -0.25) is 11.3 Å². The van der Waals surface area contributed by atoms with Crippen LogP contribution < -0.4 is 11.3 Å². The van der Waals surface area contributed by atoms with Gasteiger partial charge in [0.1, 0.15) is 0 Å². The van der Waals surface area contributed by atoms with Crippen LogP contribution in [0.2, 0.25) is 0 Å². The second-order valence-corrected chi connectivity index (χ2v) is 7.24. The van der Waals surface area contributed by atoms with Crippen LogP contribution in [-0.2, 0) is 6.42 Å². The van der Waals surface area contributed by atoms with Gasteiger partial charge in [0.15, 0.2) is 0 Å². The molecule has 2 nitrogen and oxygen atoms in total. The number of thiophene rings is 1. The van der Waals surface area contributed by atoms with E-state index in [0.29, 0.717) is 6.04 Å². The smallest absolute Gasteiger partial charge is 0.0345 e. The molecule has 2 rings (SSSR count). The Labute approximate surface area is 123 Å². The molecule has 0 bridgehead atoms. The van der Waals surface area contributed by atoms with E-state index in [1.807, 2.05) is 23.1 Å². The van der Waals surface area contributed by atoms with Crippen LogP contribution in [-0.4, -0.2) is 17.5 Å². The molecule has 2 aromatic rings. The third kappa shape index (κ3) is 4.21. The highest BCUT2D eigenvalue weighted by atomic mass is 32.2. The summed E-state index contributed by atoms with van der Waals surface area (Å²) in [5.74, 6) is 8.70. The van der Waals surface area contributed by atoms with Crippen LogP contribution in [0.5, 0.6) is 0 Å². The second kappa shape index (κ2) is 7.29. The van der Waals surface area contributed by atoms with Crippen molar-refractivity contribution in [1.82, 2.24) is 5.43 Å². The number of nitrogens with one attached hydrogen (secondary N) is 1. The van der Waals surface area contributed by atoms with Gasteiger partial charge in [0.05, 0.1) is 0 Å². The Morgan fingerprint density at radius 1 is 1.26 bits per heavy atom. The third-order valence-electron chi connectivity index (χ3n) is 3.03. The summed E-state index contributed by atoms with van der Waals surface area (Å²) in [6, 6.07) is 8.94. The number of nitrogens with two attached hydrogens (primary N) is 1. The van der Waals surface area contributed by atoms with Gasteiger partial charge in [-0.25, -0.2) is 0 Å². The molecule has 1 unspecified atom stereocenters. The van der Waals surface area contributed by atoms with E-state index < -0.39 is 0 Å². The fourth-order valence-corrected chi connectivity index (χ4v) is 4.15. The zero-order valence-electron chi connectivity index (χ0n) is 11.6. The fraction of sp³-hybridized carbons (Fsp3) is 0.467. The van der Waals surface area contributed by atoms with Crippen LogP contribution in [0.3, 0.4) is 0 Å². The molecule has 0 aliphatic carbocycles. The van der Waals surface area contributed by atoms with Crippen molar-refractivity contribution in [3.63, 3.8) is 0 Å². The highest BCUT2D eigenvalue weighted by molar-refractivity contribution is 7.99. The van der Waals surface area contributed by atoms with Gasteiger partial charge in [-0.2, -0.15) is 11.8 Å². The Balaban J connectivity index is 1.97. The molecular weight excluding hydrogens is 272 g/mol. The summed E-state index contributed by atoms with van der Waals surface area (Å²) >= 11 is 3.80. The standard InChI is InChI=1S/C15H22N2S2/c1-11(2)8-18-10-13(17-16)7-12-9-19-15-6-4-3-5-14(12)15/h3-6,9,11,13,17H,7-8,10,16H2,1-2H3. The van der Waals surface area contributed by atoms with Crippen molar-refractivity contribution in [2.24, 2.45) is 11.8 Å². The summed E-state index contributed by atoms with van der Waals surface area (Å²) < 4.78 is 1.36. The van der Waals surface area contributed by atoms with E-state index in [1.54, 1.807) is 0 Å². The maximum atomic E-state index is 5.69. The van der Waals surface area contributed by atoms with Crippen molar-refractivity contribution >= 4 is 33.2 Å². The molecule has 0 saturated carbocycles. The number of thioether (sulfide) groups is 1. The van der Waals surface area contributed by atoms with Crippen molar-refractivity contribution in [3.8, 4) is 0 Å². The summed E-state index contributed by atoms with van der Waals surface area (Å²) in [5, 5.41) is 3.64. The highest BCUT2D eigenvalue weighted by Crippen LogP contribution is 2.27. The summed E-state index contributed by atoms with van der Waals surface area (Å²) in [4.78, 5) is 0. The van der Waals surface area contributed by atoms with Crippen LogP contribution in [0, 0.1) is 5.92 Å². The Morgan fingerprint density at radius 3 is 2.79 bits per heavy atom. The lowest BCUT2D eigenvalue weighted by molar-refractivity contribution is 0.577. The zero-order chi connectivity index (χ0) is 13.7. The van der Waals surface area contributed by atoms with Crippen LogP contribution in [0.25, 0.3) is 10.1 Å². The van der Waals surface area contributed by atoms with Gasteiger partial charge in [0.25, 0.3) is 0 Å². The molecule has 1 atom stereocenters. The number of hydrazine groups is 1. The first-order valence-electron chi connectivity index (χ1n) is 6.69. The monoisotopic (exact) mass is 294 g/mol. The Kier molecular flexibility index (Phi) is 5.70. The molecule has 0 radical (unpaired) electrons. The Bertz CT molecular complexity index is 508. The first-order valence-corrected chi connectivity index (χ1v) is 8.73. The lowest BCUT2D eigenvalue weighted by Crippen LogP contribution is -2.38. The molecule has 0 aliphatic rings. The molecule has 1 aromatic carbocycles. The number of hydrogen-bond acceptors (Lipinski definition) is 4. The van der Waals surface area contributed by atoms with Gasteiger partial charge in [-0.05, 0) is 40.5 Å². The predicted molar refractivity (Wildman–Crippen MR) is 88.8 cm³/mol. The van der Waals surface area contributed by atoms with Crippen LogP contribution in [0.15, 0.2) is 29.6 Å². The first kappa shape index (κ1) is 14.9. The van der Waals surface area contributed by atoms with Gasteiger partial charge in [0, 0.05) is 16.5 Å². The molecule has 3 N–H and O–H groups in total. The topological polar surface area (TPSA) is 38.0 Å². The maximum Gasteiger partial charge on any atom is 0.0345 e. The van der Waals surface area contributed by atoms with Crippen molar-refractivity contribution < 1.29 is 0 Å².